The minimum absolute atomic E-state index is 0.282. The van der Waals surface area contributed by atoms with Crippen LogP contribution >= 0.6 is 15.9 Å². The van der Waals surface area contributed by atoms with Crippen molar-refractivity contribution in [1.82, 2.24) is 9.97 Å². The van der Waals surface area contributed by atoms with E-state index in [1.807, 2.05) is 43.3 Å². The first-order valence-corrected chi connectivity index (χ1v) is 7.18. The molecule has 0 saturated heterocycles. The normalized spacial score (nSPS) is 10.6. The third-order valence-electron chi connectivity index (χ3n) is 3.09. The standard InChI is InChI=1S/C15H13BrN4O/c1-9-6-10(2-4-12(9)16)19-15(21)20-11-3-5-13-14(7-11)18-8-17-13/h2-8H,1H3,(H,17,18)(H2,19,20,21). The van der Waals surface area contributed by atoms with Gasteiger partial charge in [0.05, 0.1) is 17.4 Å². The van der Waals surface area contributed by atoms with E-state index in [1.165, 1.54) is 0 Å². The number of carbonyl (C=O) groups is 1. The fraction of sp³-hybridized carbons (Fsp3) is 0.0667. The predicted molar refractivity (Wildman–Crippen MR) is 87.6 cm³/mol. The molecule has 3 N–H and O–H groups in total. The molecule has 106 valence electrons. The molecule has 0 atom stereocenters. The number of imidazole rings is 1. The second kappa shape index (κ2) is 5.57. The Balaban J connectivity index is 1.71. The van der Waals surface area contributed by atoms with E-state index >= 15 is 0 Å². The Morgan fingerprint density at radius 1 is 1.14 bits per heavy atom. The maximum atomic E-state index is 12.0. The highest BCUT2D eigenvalue weighted by Gasteiger charge is 2.05. The minimum Gasteiger partial charge on any atom is -0.345 e. The zero-order valence-corrected chi connectivity index (χ0v) is 12.9. The molecule has 0 aliphatic heterocycles. The van der Waals surface area contributed by atoms with Crippen molar-refractivity contribution in [3.8, 4) is 0 Å². The molecule has 2 aromatic carbocycles. The van der Waals surface area contributed by atoms with Gasteiger partial charge in [-0.1, -0.05) is 15.9 Å². The number of rotatable bonds is 2. The number of halogens is 1. The molecule has 3 rings (SSSR count). The smallest absolute Gasteiger partial charge is 0.323 e. The molecular formula is C15H13BrN4O. The number of aryl methyl sites for hydroxylation is 1. The van der Waals surface area contributed by atoms with Crippen molar-refractivity contribution < 1.29 is 4.79 Å². The number of amides is 2. The summed E-state index contributed by atoms with van der Waals surface area (Å²) in [4.78, 5) is 19.1. The van der Waals surface area contributed by atoms with Crippen molar-refractivity contribution in [1.29, 1.82) is 0 Å². The third-order valence-corrected chi connectivity index (χ3v) is 3.98. The number of fused-ring (bicyclic) bond motifs is 1. The average molecular weight is 345 g/mol. The van der Waals surface area contributed by atoms with Crippen LogP contribution in [0.2, 0.25) is 0 Å². The molecule has 1 aromatic heterocycles. The first kappa shape index (κ1) is 13.6. The summed E-state index contributed by atoms with van der Waals surface area (Å²) in [5, 5.41) is 5.60. The predicted octanol–water partition coefficient (Wildman–Crippen LogP) is 4.28. The molecule has 1 heterocycles. The summed E-state index contributed by atoms with van der Waals surface area (Å²) in [6, 6.07) is 10.9. The molecule has 3 aromatic rings. The van der Waals surface area contributed by atoms with Crippen LogP contribution in [0.4, 0.5) is 16.2 Å². The second-order valence-corrected chi connectivity index (χ2v) is 5.53. The van der Waals surface area contributed by atoms with Crippen molar-refractivity contribution in [2.75, 3.05) is 10.6 Å². The molecule has 6 heteroatoms. The summed E-state index contributed by atoms with van der Waals surface area (Å²) in [6.45, 7) is 1.97. The number of urea groups is 1. The van der Waals surface area contributed by atoms with E-state index in [1.54, 1.807) is 6.33 Å². The number of anilines is 2. The van der Waals surface area contributed by atoms with Crippen LogP contribution in [0.25, 0.3) is 11.0 Å². The Labute approximate surface area is 129 Å². The molecule has 0 aliphatic rings. The third kappa shape index (κ3) is 3.05. The lowest BCUT2D eigenvalue weighted by Crippen LogP contribution is -2.19. The monoisotopic (exact) mass is 344 g/mol. The number of hydrogen-bond acceptors (Lipinski definition) is 2. The summed E-state index contributed by atoms with van der Waals surface area (Å²) in [7, 11) is 0. The molecule has 0 spiro atoms. The van der Waals surface area contributed by atoms with Gasteiger partial charge in [0.25, 0.3) is 0 Å². The van der Waals surface area contributed by atoms with Gasteiger partial charge in [-0.2, -0.15) is 0 Å². The van der Waals surface area contributed by atoms with Crippen LogP contribution in [0.3, 0.4) is 0 Å². The van der Waals surface area contributed by atoms with Gasteiger partial charge in [0.1, 0.15) is 0 Å². The summed E-state index contributed by atoms with van der Waals surface area (Å²) >= 11 is 3.43. The van der Waals surface area contributed by atoms with Gasteiger partial charge in [0.15, 0.2) is 0 Å². The lowest BCUT2D eigenvalue weighted by Gasteiger charge is -2.09. The Morgan fingerprint density at radius 2 is 1.86 bits per heavy atom. The zero-order chi connectivity index (χ0) is 14.8. The fourth-order valence-electron chi connectivity index (χ4n) is 2.03. The first-order chi connectivity index (χ1) is 10.1. The summed E-state index contributed by atoms with van der Waals surface area (Å²) in [5.41, 5.74) is 4.26. The summed E-state index contributed by atoms with van der Waals surface area (Å²) in [5.74, 6) is 0. The SMILES string of the molecule is Cc1cc(NC(=O)Nc2ccc3nc[nH]c3c2)ccc1Br. The number of aromatic nitrogens is 2. The molecule has 0 unspecified atom stereocenters. The van der Waals surface area contributed by atoms with Gasteiger partial charge < -0.3 is 15.6 Å². The van der Waals surface area contributed by atoms with Gasteiger partial charge >= 0.3 is 6.03 Å². The first-order valence-electron chi connectivity index (χ1n) is 6.39. The Morgan fingerprint density at radius 3 is 2.62 bits per heavy atom. The quantitative estimate of drug-likeness (QED) is 0.649. The highest BCUT2D eigenvalue weighted by Crippen LogP contribution is 2.20. The van der Waals surface area contributed by atoms with Crippen LogP contribution in [0.5, 0.6) is 0 Å². The Hall–Kier alpha value is -2.34. The number of H-pyrrole nitrogens is 1. The van der Waals surface area contributed by atoms with E-state index in [2.05, 4.69) is 36.5 Å². The molecule has 0 bridgehead atoms. The van der Waals surface area contributed by atoms with Crippen molar-refractivity contribution in [2.45, 2.75) is 6.92 Å². The van der Waals surface area contributed by atoms with Gasteiger partial charge in [0, 0.05) is 15.8 Å². The molecule has 21 heavy (non-hydrogen) atoms. The second-order valence-electron chi connectivity index (χ2n) is 4.68. The van der Waals surface area contributed by atoms with E-state index < -0.39 is 0 Å². The molecule has 5 nitrogen and oxygen atoms in total. The molecule has 0 fully saturated rings. The van der Waals surface area contributed by atoms with Gasteiger partial charge in [-0.15, -0.1) is 0 Å². The van der Waals surface area contributed by atoms with E-state index in [-0.39, 0.29) is 6.03 Å². The van der Waals surface area contributed by atoms with Crippen molar-refractivity contribution >= 4 is 44.4 Å². The van der Waals surface area contributed by atoms with Gasteiger partial charge in [-0.3, -0.25) is 0 Å². The number of benzene rings is 2. The fourth-order valence-corrected chi connectivity index (χ4v) is 2.28. The van der Waals surface area contributed by atoms with Gasteiger partial charge in [-0.05, 0) is 48.9 Å². The highest BCUT2D eigenvalue weighted by molar-refractivity contribution is 9.10. The largest absolute Gasteiger partial charge is 0.345 e. The minimum atomic E-state index is -0.282. The van der Waals surface area contributed by atoms with Crippen LogP contribution in [-0.2, 0) is 0 Å². The van der Waals surface area contributed by atoms with Crippen LogP contribution < -0.4 is 10.6 Å². The molecule has 0 radical (unpaired) electrons. The number of carbonyl (C=O) groups excluding carboxylic acids is 1. The van der Waals surface area contributed by atoms with Gasteiger partial charge in [0.2, 0.25) is 0 Å². The van der Waals surface area contributed by atoms with Crippen LogP contribution in [-0.4, -0.2) is 16.0 Å². The summed E-state index contributed by atoms with van der Waals surface area (Å²) < 4.78 is 1.01. The van der Waals surface area contributed by atoms with E-state index in [9.17, 15) is 4.79 Å². The number of aromatic amines is 1. The topological polar surface area (TPSA) is 69.8 Å². The van der Waals surface area contributed by atoms with E-state index in [0.717, 1.165) is 26.8 Å². The number of nitrogens with one attached hydrogen (secondary N) is 3. The lowest BCUT2D eigenvalue weighted by molar-refractivity contribution is 0.262. The Bertz CT molecular complexity index is 812. The maximum Gasteiger partial charge on any atom is 0.323 e. The van der Waals surface area contributed by atoms with Gasteiger partial charge in [-0.25, -0.2) is 9.78 Å². The molecule has 0 aliphatic carbocycles. The van der Waals surface area contributed by atoms with E-state index in [0.29, 0.717) is 5.69 Å². The number of hydrogen-bond donors (Lipinski definition) is 3. The van der Waals surface area contributed by atoms with E-state index in [4.69, 9.17) is 0 Å². The average Bonchev–Trinajstić information content (AvgIpc) is 2.90. The molecule has 0 saturated carbocycles. The van der Waals surface area contributed by atoms with Crippen molar-refractivity contribution in [3.05, 3.63) is 52.8 Å². The highest BCUT2D eigenvalue weighted by atomic mass is 79.9. The number of nitrogens with zero attached hydrogens (tertiary/aromatic N) is 1. The summed E-state index contributed by atoms with van der Waals surface area (Å²) in [6.07, 6.45) is 1.62. The molecular weight excluding hydrogens is 332 g/mol. The van der Waals surface area contributed by atoms with Crippen molar-refractivity contribution in [2.24, 2.45) is 0 Å². The zero-order valence-electron chi connectivity index (χ0n) is 11.3. The van der Waals surface area contributed by atoms with Crippen LogP contribution in [0.15, 0.2) is 47.2 Å². The Kier molecular flexibility index (Phi) is 3.62. The van der Waals surface area contributed by atoms with Crippen LogP contribution in [0, 0.1) is 6.92 Å². The lowest BCUT2D eigenvalue weighted by atomic mass is 10.2. The maximum absolute atomic E-state index is 12.0. The van der Waals surface area contributed by atoms with Crippen molar-refractivity contribution in [3.63, 3.8) is 0 Å². The van der Waals surface area contributed by atoms with Crippen LogP contribution in [0.1, 0.15) is 5.56 Å². The molecule has 2 amide bonds.